The normalized spacial score (nSPS) is 14.2. The summed E-state index contributed by atoms with van der Waals surface area (Å²) >= 11 is 0. The quantitative estimate of drug-likeness (QED) is 0.129. The lowest BCUT2D eigenvalue weighted by Gasteiger charge is -2.40. The molecule has 3 heteroatoms. The maximum Gasteiger partial charge on any atom is 0.141 e. The fraction of sp³-hybridized carbons (Fsp3) is 0.0968. The van der Waals surface area contributed by atoms with E-state index in [1.165, 1.54) is 43.8 Å². The first-order valence-corrected chi connectivity index (χ1v) is 22.7. The van der Waals surface area contributed by atoms with Crippen LogP contribution < -0.4 is 0 Å². The number of rotatable bonds is 6. The highest BCUT2D eigenvalue weighted by Gasteiger charge is 2.46. The standard InChI is InChI=1S/C62H48NO2/c64-61(47-21-5-1-6-22-47,48-23-7-2-8-24-48)57-33-17-31-53-54-32-18-34-58(62(65,49-25-9-3-10-26-49)50-27-11-4-12-28-50)56(54)42-63(41-55(53)57)39-45-37-35-43-19-13-15-29-51(43)59(45)60-46(40-63)38-36-44-20-14-16-30-52(44)60/h1-38,64-65H,39-42H2/q+1. The molecule has 0 aromatic heterocycles. The summed E-state index contributed by atoms with van der Waals surface area (Å²) in [4.78, 5) is 0. The van der Waals surface area contributed by atoms with Gasteiger partial charge in [-0.1, -0.05) is 231 Å². The number of benzene rings is 10. The van der Waals surface area contributed by atoms with Gasteiger partial charge in [0.2, 0.25) is 0 Å². The maximum atomic E-state index is 13.8. The van der Waals surface area contributed by atoms with Crippen molar-refractivity contribution < 1.29 is 14.7 Å². The average molecular weight is 839 g/mol. The van der Waals surface area contributed by atoms with Crippen molar-refractivity contribution in [3.63, 3.8) is 0 Å². The zero-order valence-electron chi connectivity index (χ0n) is 36.1. The predicted molar refractivity (Wildman–Crippen MR) is 264 cm³/mol. The van der Waals surface area contributed by atoms with E-state index in [2.05, 4.69) is 109 Å². The van der Waals surface area contributed by atoms with Crippen LogP contribution in [0.4, 0.5) is 0 Å². The van der Waals surface area contributed by atoms with Crippen LogP contribution in [0.5, 0.6) is 0 Å². The third-order valence-corrected chi connectivity index (χ3v) is 14.5. The first-order valence-electron chi connectivity index (χ1n) is 22.7. The Labute approximate surface area is 380 Å². The first-order chi connectivity index (χ1) is 31.9. The van der Waals surface area contributed by atoms with Gasteiger partial charge < -0.3 is 14.7 Å². The van der Waals surface area contributed by atoms with Crippen molar-refractivity contribution in [2.24, 2.45) is 0 Å². The number of fused-ring (bicyclic) bond motifs is 10. The smallest absolute Gasteiger partial charge is 0.141 e. The van der Waals surface area contributed by atoms with E-state index in [1.54, 1.807) is 0 Å². The molecule has 0 bridgehead atoms. The minimum atomic E-state index is -1.47. The second kappa shape index (κ2) is 15.4. The molecule has 3 nitrogen and oxygen atoms in total. The van der Waals surface area contributed by atoms with Crippen molar-refractivity contribution in [3.8, 4) is 22.3 Å². The molecule has 1 spiro atoms. The molecular formula is C62H48NO2+. The summed E-state index contributed by atoms with van der Waals surface area (Å²) in [6.07, 6.45) is 0. The Balaban J connectivity index is 1.20. The van der Waals surface area contributed by atoms with Gasteiger partial charge in [-0.05, 0) is 66.1 Å². The molecule has 2 heterocycles. The SMILES string of the molecule is OC(c1ccccc1)(c1ccccc1)c1cccc2c1C[N+]1(Cc3ccc4ccccc4c3-c3c(ccc4ccccc34)C1)Cc1c-2cccc1C(O)(c1ccccc1)c1ccccc1. The summed E-state index contributed by atoms with van der Waals surface area (Å²) in [6.45, 7) is 2.73. The van der Waals surface area contributed by atoms with Gasteiger partial charge in [0, 0.05) is 33.4 Å². The Morgan fingerprint density at radius 3 is 1.02 bits per heavy atom. The number of hydrogen-bond donors (Lipinski definition) is 2. The van der Waals surface area contributed by atoms with E-state index in [-0.39, 0.29) is 0 Å². The fourth-order valence-electron chi connectivity index (χ4n) is 11.6. The van der Waals surface area contributed by atoms with Crippen LogP contribution in [0.3, 0.4) is 0 Å². The molecule has 10 aromatic carbocycles. The summed E-state index contributed by atoms with van der Waals surface area (Å²) in [5, 5.41) is 32.5. The minimum Gasteiger partial charge on any atom is -0.376 e. The third kappa shape index (κ3) is 6.23. The van der Waals surface area contributed by atoms with Crippen LogP contribution in [-0.4, -0.2) is 14.7 Å². The largest absolute Gasteiger partial charge is 0.376 e. The molecule has 312 valence electrons. The van der Waals surface area contributed by atoms with Gasteiger partial charge in [-0.3, -0.25) is 0 Å². The molecule has 2 N–H and O–H groups in total. The molecule has 0 radical (unpaired) electrons. The monoisotopic (exact) mass is 838 g/mol. The van der Waals surface area contributed by atoms with Crippen molar-refractivity contribution in [2.75, 3.05) is 0 Å². The second-order valence-corrected chi connectivity index (χ2v) is 18.2. The summed E-state index contributed by atoms with van der Waals surface area (Å²) in [5.41, 5.74) is 11.6. The van der Waals surface area contributed by atoms with Crippen molar-refractivity contribution in [3.05, 3.63) is 286 Å². The van der Waals surface area contributed by atoms with Crippen LogP contribution in [0.2, 0.25) is 0 Å². The molecular weight excluding hydrogens is 791 g/mol. The second-order valence-electron chi connectivity index (χ2n) is 18.2. The van der Waals surface area contributed by atoms with Gasteiger partial charge in [0.15, 0.2) is 0 Å². The van der Waals surface area contributed by atoms with Crippen molar-refractivity contribution >= 4 is 21.5 Å². The molecule has 10 aromatic rings. The van der Waals surface area contributed by atoms with Crippen molar-refractivity contribution in [1.82, 2.24) is 0 Å². The highest BCUT2D eigenvalue weighted by molar-refractivity contribution is 6.08. The lowest BCUT2D eigenvalue weighted by molar-refractivity contribution is -0.978. The van der Waals surface area contributed by atoms with Crippen LogP contribution in [-0.2, 0) is 37.4 Å². The molecule has 0 fully saturated rings. The molecule has 0 unspecified atom stereocenters. The third-order valence-electron chi connectivity index (χ3n) is 14.5. The topological polar surface area (TPSA) is 40.5 Å². The highest BCUT2D eigenvalue weighted by Crippen LogP contribution is 2.52. The van der Waals surface area contributed by atoms with Gasteiger partial charge in [-0.25, -0.2) is 0 Å². The van der Waals surface area contributed by atoms with E-state index in [1.807, 2.05) is 121 Å². The summed E-state index contributed by atoms with van der Waals surface area (Å²) in [5.74, 6) is 0. The number of nitrogens with zero attached hydrogens (tertiary/aromatic N) is 1. The zero-order chi connectivity index (χ0) is 43.6. The van der Waals surface area contributed by atoms with Crippen LogP contribution in [0, 0.1) is 0 Å². The van der Waals surface area contributed by atoms with E-state index in [0.29, 0.717) is 17.6 Å². The molecule has 0 atom stereocenters. The maximum absolute atomic E-state index is 13.8. The lowest BCUT2D eigenvalue weighted by Crippen LogP contribution is -2.45. The number of aliphatic hydroxyl groups is 2. The molecule has 0 saturated heterocycles. The Bertz CT molecular complexity index is 3090. The summed E-state index contributed by atoms with van der Waals surface area (Å²) < 4.78 is 0.629. The van der Waals surface area contributed by atoms with Crippen LogP contribution in [0.25, 0.3) is 43.8 Å². The van der Waals surface area contributed by atoms with E-state index in [0.717, 1.165) is 68.7 Å². The first kappa shape index (κ1) is 39.2. The Hall–Kier alpha value is -7.40. The number of quaternary nitrogens is 1. The van der Waals surface area contributed by atoms with Gasteiger partial charge in [0.05, 0.1) is 0 Å². The van der Waals surface area contributed by atoms with Gasteiger partial charge in [0.1, 0.15) is 37.4 Å². The van der Waals surface area contributed by atoms with E-state index < -0.39 is 11.2 Å². The molecule has 2 aliphatic rings. The van der Waals surface area contributed by atoms with Gasteiger partial charge >= 0.3 is 0 Å². The molecule has 0 saturated carbocycles. The molecule has 2 aliphatic heterocycles. The van der Waals surface area contributed by atoms with E-state index in [9.17, 15) is 10.2 Å². The molecule has 12 rings (SSSR count). The molecule has 0 amide bonds. The van der Waals surface area contributed by atoms with E-state index in [4.69, 9.17) is 0 Å². The molecule has 0 aliphatic carbocycles. The minimum absolute atomic E-state index is 0.629. The Morgan fingerprint density at radius 1 is 0.308 bits per heavy atom. The summed E-state index contributed by atoms with van der Waals surface area (Å²) in [6, 6.07) is 80.6. The van der Waals surface area contributed by atoms with Crippen LogP contribution in [0.1, 0.15) is 55.6 Å². The zero-order valence-corrected chi connectivity index (χ0v) is 36.1. The Morgan fingerprint density at radius 2 is 0.646 bits per heavy atom. The molecule has 65 heavy (non-hydrogen) atoms. The van der Waals surface area contributed by atoms with E-state index >= 15 is 0 Å². The van der Waals surface area contributed by atoms with Gasteiger partial charge in [-0.15, -0.1) is 0 Å². The number of hydrogen-bond acceptors (Lipinski definition) is 2. The average Bonchev–Trinajstić information content (AvgIpc) is 3.61. The Kier molecular flexibility index (Phi) is 9.29. The highest BCUT2D eigenvalue weighted by atomic mass is 16.3. The van der Waals surface area contributed by atoms with Crippen molar-refractivity contribution in [1.29, 1.82) is 0 Å². The lowest BCUT2D eigenvalue weighted by atomic mass is 9.75. The summed E-state index contributed by atoms with van der Waals surface area (Å²) in [7, 11) is 0. The predicted octanol–water partition coefficient (Wildman–Crippen LogP) is 13.4. The van der Waals surface area contributed by atoms with Gasteiger partial charge in [-0.2, -0.15) is 0 Å². The fourth-order valence-corrected chi connectivity index (χ4v) is 11.6. The van der Waals surface area contributed by atoms with Crippen LogP contribution >= 0.6 is 0 Å². The van der Waals surface area contributed by atoms with Crippen LogP contribution in [0.15, 0.2) is 231 Å². The van der Waals surface area contributed by atoms with Gasteiger partial charge in [0.25, 0.3) is 0 Å². The van der Waals surface area contributed by atoms with Crippen molar-refractivity contribution in [2.45, 2.75) is 37.4 Å².